The fraction of sp³-hybridized carbons (Fsp3) is 0.533. The van der Waals surface area contributed by atoms with Gasteiger partial charge in [-0.25, -0.2) is 0 Å². The Morgan fingerprint density at radius 1 is 1.50 bits per heavy atom. The predicted octanol–water partition coefficient (Wildman–Crippen LogP) is 2.67. The minimum atomic E-state index is 0.738. The first-order valence-electron chi connectivity index (χ1n) is 6.75. The van der Waals surface area contributed by atoms with Gasteiger partial charge >= 0.3 is 0 Å². The molecule has 18 heavy (non-hydrogen) atoms. The molecule has 0 saturated carbocycles. The highest BCUT2D eigenvalue weighted by Crippen LogP contribution is 2.18. The second-order valence-corrected chi connectivity index (χ2v) is 5.09. The molecular formula is C15H21N3. The number of nitriles is 1. The summed E-state index contributed by atoms with van der Waals surface area (Å²) >= 11 is 0. The molecule has 3 nitrogen and oxygen atoms in total. The average molecular weight is 243 g/mol. The normalized spacial score (nSPS) is 19.2. The van der Waals surface area contributed by atoms with Gasteiger partial charge in [0.25, 0.3) is 0 Å². The summed E-state index contributed by atoms with van der Waals surface area (Å²) in [6.45, 7) is 5.31. The van der Waals surface area contributed by atoms with Gasteiger partial charge in [0.1, 0.15) is 6.07 Å². The van der Waals surface area contributed by atoms with Crippen LogP contribution in [-0.2, 0) is 0 Å². The quantitative estimate of drug-likeness (QED) is 0.854. The molecule has 0 aromatic heterocycles. The van der Waals surface area contributed by atoms with Crippen molar-refractivity contribution in [2.45, 2.75) is 26.2 Å². The lowest BCUT2D eigenvalue weighted by Crippen LogP contribution is -2.30. The summed E-state index contributed by atoms with van der Waals surface area (Å²) in [6.07, 6.45) is 3.79. The van der Waals surface area contributed by atoms with Gasteiger partial charge in [0.15, 0.2) is 0 Å². The Kier molecular flexibility index (Phi) is 4.60. The van der Waals surface area contributed by atoms with Crippen LogP contribution in [0.5, 0.6) is 0 Å². The molecular weight excluding hydrogens is 222 g/mol. The van der Waals surface area contributed by atoms with Gasteiger partial charge in [0.2, 0.25) is 0 Å². The van der Waals surface area contributed by atoms with Gasteiger partial charge in [-0.05, 0) is 62.9 Å². The van der Waals surface area contributed by atoms with Crippen molar-refractivity contribution >= 4 is 5.69 Å². The monoisotopic (exact) mass is 243 g/mol. The lowest BCUT2D eigenvalue weighted by Gasteiger charge is -2.23. The summed E-state index contributed by atoms with van der Waals surface area (Å²) in [6, 6.07) is 8.16. The van der Waals surface area contributed by atoms with E-state index in [4.69, 9.17) is 5.26 Å². The molecule has 0 bridgehead atoms. The molecule has 1 heterocycles. The van der Waals surface area contributed by atoms with Crippen molar-refractivity contribution in [1.82, 2.24) is 5.32 Å². The molecule has 96 valence electrons. The lowest BCUT2D eigenvalue weighted by molar-refractivity contribution is 0.364. The van der Waals surface area contributed by atoms with E-state index < -0.39 is 0 Å². The SMILES string of the molecule is Cc1ccc(C#N)c(NCCC2CCCNC2)c1. The third-order valence-electron chi connectivity index (χ3n) is 3.56. The average Bonchev–Trinajstić information content (AvgIpc) is 2.40. The highest BCUT2D eigenvalue weighted by atomic mass is 14.9. The van der Waals surface area contributed by atoms with Crippen molar-refractivity contribution in [3.63, 3.8) is 0 Å². The summed E-state index contributed by atoms with van der Waals surface area (Å²) in [4.78, 5) is 0. The van der Waals surface area contributed by atoms with Crippen LogP contribution in [-0.4, -0.2) is 19.6 Å². The minimum Gasteiger partial charge on any atom is -0.384 e. The van der Waals surface area contributed by atoms with Crippen molar-refractivity contribution in [3.05, 3.63) is 29.3 Å². The van der Waals surface area contributed by atoms with Crippen LogP contribution in [0.2, 0.25) is 0 Å². The Balaban J connectivity index is 1.86. The number of rotatable bonds is 4. The zero-order valence-electron chi connectivity index (χ0n) is 11.0. The molecule has 1 aromatic carbocycles. The van der Waals surface area contributed by atoms with Gasteiger partial charge in [0, 0.05) is 6.54 Å². The molecule has 2 N–H and O–H groups in total. The molecule has 0 spiro atoms. The Labute approximate surface area is 109 Å². The summed E-state index contributed by atoms with van der Waals surface area (Å²) in [5.41, 5.74) is 2.90. The summed E-state index contributed by atoms with van der Waals surface area (Å²) in [5.74, 6) is 0.779. The third-order valence-corrected chi connectivity index (χ3v) is 3.56. The molecule has 1 aliphatic rings. The third kappa shape index (κ3) is 3.48. The largest absolute Gasteiger partial charge is 0.384 e. The molecule has 1 unspecified atom stereocenters. The number of piperidine rings is 1. The summed E-state index contributed by atoms with van der Waals surface area (Å²) < 4.78 is 0. The highest BCUT2D eigenvalue weighted by molar-refractivity contribution is 5.58. The van der Waals surface area contributed by atoms with Gasteiger partial charge in [-0.1, -0.05) is 6.07 Å². The van der Waals surface area contributed by atoms with E-state index in [2.05, 4.69) is 29.7 Å². The van der Waals surface area contributed by atoms with Crippen LogP contribution in [0, 0.1) is 24.2 Å². The molecule has 0 aliphatic carbocycles. The van der Waals surface area contributed by atoms with Crippen molar-refractivity contribution < 1.29 is 0 Å². The number of aryl methyl sites for hydroxylation is 1. The van der Waals surface area contributed by atoms with Gasteiger partial charge in [-0.15, -0.1) is 0 Å². The Morgan fingerprint density at radius 3 is 3.11 bits per heavy atom. The van der Waals surface area contributed by atoms with E-state index in [0.29, 0.717) is 0 Å². The highest BCUT2D eigenvalue weighted by Gasteiger charge is 2.12. The van der Waals surface area contributed by atoms with Crippen LogP contribution in [0.3, 0.4) is 0 Å². The number of anilines is 1. The van der Waals surface area contributed by atoms with Crippen molar-refractivity contribution in [2.75, 3.05) is 25.0 Å². The maximum Gasteiger partial charge on any atom is 0.101 e. The van der Waals surface area contributed by atoms with E-state index in [1.807, 2.05) is 12.1 Å². The first-order valence-corrected chi connectivity index (χ1v) is 6.75. The van der Waals surface area contributed by atoms with E-state index >= 15 is 0 Å². The topological polar surface area (TPSA) is 47.9 Å². The Hall–Kier alpha value is -1.53. The van der Waals surface area contributed by atoms with Crippen LogP contribution < -0.4 is 10.6 Å². The first-order chi connectivity index (χ1) is 8.79. The second kappa shape index (κ2) is 6.42. The molecule has 1 aliphatic heterocycles. The molecule has 1 aromatic rings. The van der Waals surface area contributed by atoms with Crippen molar-refractivity contribution in [1.29, 1.82) is 5.26 Å². The zero-order valence-corrected chi connectivity index (χ0v) is 11.0. The fourth-order valence-corrected chi connectivity index (χ4v) is 2.48. The van der Waals surface area contributed by atoms with E-state index in [1.165, 1.54) is 31.4 Å². The van der Waals surface area contributed by atoms with Crippen molar-refractivity contribution in [2.24, 2.45) is 5.92 Å². The summed E-state index contributed by atoms with van der Waals surface area (Å²) in [5, 5.41) is 15.9. The molecule has 1 atom stereocenters. The number of nitrogens with one attached hydrogen (secondary N) is 2. The number of nitrogens with zero attached hydrogens (tertiary/aromatic N) is 1. The number of hydrogen-bond donors (Lipinski definition) is 2. The lowest BCUT2D eigenvalue weighted by atomic mass is 9.96. The van der Waals surface area contributed by atoms with Crippen molar-refractivity contribution in [3.8, 4) is 6.07 Å². The van der Waals surface area contributed by atoms with E-state index in [9.17, 15) is 0 Å². The maximum atomic E-state index is 9.06. The maximum absolute atomic E-state index is 9.06. The van der Waals surface area contributed by atoms with E-state index in [-0.39, 0.29) is 0 Å². The Bertz CT molecular complexity index is 428. The van der Waals surface area contributed by atoms with Gasteiger partial charge in [-0.2, -0.15) is 5.26 Å². The smallest absolute Gasteiger partial charge is 0.101 e. The van der Waals surface area contributed by atoms with Gasteiger partial charge in [0.05, 0.1) is 11.3 Å². The fourth-order valence-electron chi connectivity index (χ4n) is 2.48. The number of benzene rings is 1. The van der Waals surface area contributed by atoms with Gasteiger partial charge in [-0.3, -0.25) is 0 Å². The number of hydrogen-bond acceptors (Lipinski definition) is 3. The van der Waals surface area contributed by atoms with Crippen LogP contribution >= 0.6 is 0 Å². The van der Waals surface area contributed by atoms with E-state index in [1.54, 1.807) is 0 Å². The molecule has 2 rings (SSSR count). The minimum absolute atomic E-state index is 0.738. The predicted molar refractivity (Wildman–Crippen MR) is 74.6 cm³/mol. The molecule has 1 saturated heterocycles. The second-order valence-electron chi connectivity index (χ2n) is 5.09. The van der Waals surface area contributed by atoms with Crippen LogP contribution in [0.1, 0.15) is 30.4 Å². The molecule has 0 radical (unpaired) electrons. The van der Waals surface area contributed by atoms with Gasteiger partial charge < -0.3 is 10.6 Å². The van der Waals surface area contributed by atoms with Crippen LogP contribution in [0.25, 0.3) is 0 Å². The summed E-state index contributed by atoms with van der Waals surface area (Å²) in [7, 11) is 0. The molecule has 1 fully saturated rings. The zero-order chi connectivity index (χ0) is 12.8. The Morgan fingerprint density at radius 2 is 2.39 bits per heavy atom. The van der Waals surface area contributed by atoms with Crippen LogP contribution in [0.4, 0.5) is 5.69 Å². The van der Waals surface area contributed by atoms with E-state index in [0.717, 1.165) is 30.3 Å². The standard InChI is InChI=1S/C15H21N3/c1-12-4-5-14(10-16)15(9-12)18-8-6-13-3-2-7-17-11-13/h4-5,9,13,17-18H,2-3,6-8,11H2,1H3. The molecule has 0 amide bonds. The van der Waals surface area contributed by atoms with Crippen LogP contribution in [0.15, 0.2) is 18.2 Å². The molecule has 3 heteroatoms. The first kappa shape index (κ1) is 12.9.